The van der Waals surface area contributed by atoms with Crippen molar-refractivity contribution in [3.63, 3.8) is 0 Å². The van der Waals surface area contributed by atoms with Gasteiger partial charge in [0.05, 0.1) is 21.3 Å². The molecule has 0 radical (unpaired) electrons. The Hall–Kier alpha value is -2.63. The molecule has 0 aliphatic rings. The van der Waals surface area contributed by atoms with Crippen LogP contribution in [-0.2, 0) is 13.5 Å². The molecule has 0 unspecified atom stereocenters. The number of nitrogens with one attached hydrogen (secondary N) is 1. The molecule has 6 nitrogen and oxygen atoms in total. The molecule has 0 saturated carbocycles. The second kappa shape index (κ2) is 7.96. The molecule has 0 fully saturated rings. The lowest BCUT2D eigenvalue weighted by Crippen LogP contribution is -2.26. The van der Waals surface area contributed by atoms with Gasteiger partial charge < -0.3 is 24.1 Å². The van der Waals surface area contributed by atoms with Crippen molar-refractivity contribution in [2.75, 3.05) is 27.9 Å². The average molecular weight is 346 g/mol. The second-order valence-corrected chi connectivity index (χ2v) is 5.88. The average Bonchev–Trinajstić information content (AvgIpc) is 2.87. The Balaban J connectivity index is 2.09. The summed E-state index contributed by atoms with van der Waals surface area (Å²) >= 11 is 0. The number of aromatic nitrogens is 1. The van der Waals surface area contributed by atoms with Crippen molar-refractivity contribution in [1.82, 2.24) is 9.88 Å². The second-order valence-electron chi connectivity index (χ2n) is 5.88. The molecule has 1 N–H and O–H groups in total. The molecule has 0 bridgehead atoms. The first-order valence-corrected chi connectivity index (χ1v) is 8.12. The number of aryl methyl sites for hydroxylation is 1. The fraction of sp³-hybridized carbons (Fsp3) is 0.421. The lowest BCUT2D eigenvalue weighted by molar-refractivity contribution is 0.0953. The molecule has 2 aromatic rings. The zero-order valence-corrected chi connectivity index (χ0v) is 15.7. The molecule has 0 aliphatic heterocycles. The third-order valence-electron chi connectivity index (χ3n) is 4.49. The summed E-state index contributed by atoms with van der Waals surface area (Å²) in [4.78, 5) is 12.5. The molecule has 1 aromatic carbocycles. The van der Waals surface area contributed by atoms with Crippen molar-refractivity contribution in [1.29, 1.82) is 0 Å². The third-order valence-corrected chi connectivity index (χ3v) is 4.49. The van der Waals surface area contributed by atoms with Crippen molar-refractivity contribution >= 4 is 5.91 Å². The van der Waals surface area contributed by atoms with E-state index in [0.717, 1.165) is 6.42 Å². The van der Waals surface area contributed by atoms with Crippen molar-refractivity contribution in [2.45, 2.75) is 20.3 Å². The summed E-state index contributed by atoms with van der Waals surface area (Å²) in [5.74, 6) is 1.21. The van der Waals surface area contributed by atoms with E-state index < -0.39 is 0 Å². The molecule has 1 aromatic heterocycles. The van der Waals surface area contributed by atoms with Crippen LogP contribution in [0.5, 0.6) is 17.2 Å². The molecule has 0 spiro atoms. The molecule has 6 heteroatoms. The number of ether oxygens (including phenoxy) is 3. The van der Waals surface area contributed by atoms with Crippen LogP contribution in [0.4, 0.5) is 0 Å². The maximum absolute atomic E-state index is 12.5. The fourth-order valence-electron chi connectivity index (χ4n) is 2.81. The molecular formula is C19H26N2O4. The highest BCUT2D eigenvalue weighted by Gasteiger charge is 2.17. The van der Waals surface area contributed by atoms with Gasteiger partial charge in [-0.05, 0) is 44.0 Å². The number of nitrogens with zero attached hydrogens (tertiary/aromatic N) is 1. The van der Waals surface area contributed by atoms with Gasteiger partial charge in [0, 0.05) is 30.5 Å². The molecule has 0 aliphatic carbocycles. The fourth-order valence-corrected chi connectivity index (χ4v) is 2.81. The molecular weight excluding hydrogens is 320 g/mol. The predicted molar refractivity (Wildman–Crippen MR) is 97.0 cm³/mol. The Labute approximate surface area is 148 Å². The van der Waals surface area contributed by atoms with E-state index in [2.05, 4.69) is 29.8 Å². The molecule has 0 saturated heterocycles. The van der Waals surface area contributed by atoms with Gasteiger partial charge in [-0.15, -0.1) is 0 Å². The van der Waals surface area contributed by atoms with Gasteiger partial charge in [-0.2, -0.15) is 0 Å². The maximum atomic E-state index is 12.5. The summed E-state index contributed by atoms with van der Waals surface area (Å²) in [6.45, 7) is 4.72. The number of carbonyl (C=O) groups excluding carboxylic acids is 1. The highest BCUT2D eigenvalue weighted by Crippen LogP contribution is 2.38. The summed E-state index contributed by atoms with van der Waals surface area (Å²) in [6, 6.07) is 5.45. The minimum absolute atomic E-state index is 0.176. The minimum Gasteiger partial charge on any atom is -0.493 e. The summed E-state index contributed by atoms with van der Waals surface area (Å²) in [6.07, 6.45) is 0.781. The zero-order valence-electron chi connectivity index (χ0n) is 15.7. The van der Waals surface area contributed by atoms with Gasteiger partial charge in [-0.3, -0.25) is 4.79 Å². The first-order valence-electron chi connectivity index (χ1n) is 8.12. The number of carbonyl (C=O) groups is 1. The van der Waals surface area contributed by atoms with Crippen LogP contribution in [0.3, 0.4) is 0 Å². The topological polar surface area (TPSA) is 61.7 Å². The summed E-state index contributed by atoms with van der Waals surface area (Å²) < 4.78 is 18.0. The van der Waals surface area contributed by atoms with E-state index in [1.165, 1.54) is 38.3 Å². The van der Waals surface area contributed by atoms with Gasteiger partial charge in [-0.25, -0.2) is 0 Å². The van der Waals surface area contributed by atoms with Crippen molar-refractivity contribution in [3.05, 3.63) is 40.7 Å². The largest absolute Gasteiger partial charge is 0.493 e. The normalized spacial score (nSPS) is 10.5. The van der Waals surface area contributed by atoms with Gasteiger partial charge in [0.1, 0.15) is 0 Å². The Bertz CT molecular complexity index is 740. The maximum Gasteiger partial charge on any atom is 0.251 e. The number of hydrogen-bond donors (Lipinski definition) is 1. The Kier molecular flexibility index (Phi) is 5.96. The SMILES string of the molecule is COc1cc(C(=O)NCCc2cc(C)n(C)c2C)cc(OC)c1OC. The first-order chi connectivity index (χ1) is 11.9. The molecule has 0 atom stereocenters. The monoisotopic (exact) mass is 346 g/mol. The van der Waals surface area contributed by atoms with E-state index in [-0.39, 0.29) is 5.91 Å². The minimum atomic E-state index is -0.176. The van der Waals surface area contributed by atoms with Crippen molar-refractivity contribution in [2.24, 2.45) is 7.05 Å². The van der Waals surface area contributed by atoms with Crippen LogP contribution >= 0.6 is 0 Å². The number of benzene rings is 1. The van der Waals surface area contributed by atoms with Crippen LogP contribution in [-0.4, -0.2) is 38.3 Å². The highest BCUT2D eigenvalue weighted by atomic mass is 16.5. The van der Waals surface area contributed by atoms with Gasteiger partial charge in [0.2, 0.25) is 5.75 Å². The number of rotatable bonds is 7. The molecule has 1 heterocycles. The van der Waals surface area contributed by atoms with Crippen molar-refractivity contribution in [3.8, 4) is 17.2 Å². The summed E-state index contributed by atoms with van der Waals surface area (Å²) in [5.41, 5.74) is 4.14. The van der Waals surface area contributed by atoms with Crippen LogP contribution in [0.1, 0.15) is 27.3 Å². The molecule has 2 rings (SSSR count). The van der Waals surface area contributed by atoms with Crippen LogP contribution < -0.4 is 19.5 Å². The van der Waals surface area contributed by atoms with E-state index in [1.54, 1.807) is 12.1 Å². The lowest BCUT2D eigenvalue weighted by Gasteiger charge is -2.14. The van der Waals surface area contributed by atoms with E-state index in [9.17, 15) is 4.79 Å². The van der Waals surface area contributed by atoms with Crippen molar-refractivity contribution < 1.29 is 19.0 Å². The van der Waals surface area contributed by atoms with Crippen LogP contribution in [0, 0.1) is 13.8 Å². The number of amides is 1. The first kappa shape index (κ1) is 18.7. The van der Waals surface area contributed by atoms with Crippen LogP contribution in [0.2, 0.25) is 0 Å². The Morgan fingerprint density at radius 1 is 1.04 bits per heavy atom. The molecule has 25 heavy (non-hydrogen) atoms. The van der Waals surface area contributed by atoms with Gasteiger partial charge in [0.25, 0.3) is 5.91 Å². The lowest BCUT2D eigenvalue weighted by atomic mass is 10.1. The third kappa shape index (κ3) is 3.90. The molecule has 1 amide bonds. The van der Waals surface area contributed by atoms with E-state index >= 15 is 0 Å². The van der Waals surface area contributed by atoms with Crippen LogP contribution in [0.25, 0.3) is 0 Å². The van der Waals surface area contributed by atoms with Gasteiger partial charge in [0.15, 0.2) is 11.5 Å². The molecule has 136 valence electrons. The van der Waals surface area contributed by atoms with Gasteiger partial charge >= 0.3 is 0 Å². The zero-order chi connectivity index (χ0) is 18.6. The Morgan fingerprint density at radius 2 is 1.64 bits per heavy atom. The van der Waals surface area contributed by atoms with Gasteiger partial charge in [-0.1, -0.05) is 0 Å². The standard InChI is InChI=1S/C19H26N2O4/c1-12-9-14(13(2)21(12)3)7-8-20-19(22)15-10-16(23-4)18(25-6)17(11-15)24-5/h9-11H,7-8H2,1-6H3,(H,20,22). The number of hydrogen-bond acceptors (Lipinski definition) is 4. The predicted octanol–water partition coefficient (Wildman–Crippen LogP) is 2.64. The Morgan fingerprint density at radius 3 is 2.08 bits per heavy atom. The van der Waals surface area contributed by atoms with E-state index in [0.29, 0.717) is 29.4 Å². The summed E-state index contributed by atoms with van der Waals surface area (Å²) in [7, 11) is 6.63. The number of methoxy groups -OCH3 is 3. The van der Waals surface area contributed by atoms with Crippen LogP contribution in [0.15, 0.2) is 18.2 Å². The van der Waals surface area contributed by atoms with E-state index in [4.69, 9.17) is 14.2 Å². The van der Waals surface area contributed by atoms with E-state index in [1.807, 2.05) is 7.05 Å². The quantitative estimate of drug-likeness (QED) is 0.837. The summed E-state index contributed by atoms with van der Waals surface area (Å²) in [5, 5.41) is 2.94. The smallest absolute Gasteiger partial charge is 0.251 e. The highest BCUT2D eigenvalue weighted by molar-refractivity contribution is 5.95.